The average Bonchev–Trinajstić information content (AvgIpc) is 2.60. The summed E-state index contributed by atoms with van der Waals surface area (Å²) in [5.74, 6) is 0.152. The second-order valence-electron chi connectivity index (χ2n) is 6.33. The molecule has 0 radical (unpaired) electrons. The van der Waals surface area contributed by atoms with Crippen molar-refractivity contribution in [3.05, 3.63) is 77.0 Å². The van der Waals surface area contributed by atoms with Crippen molar-refractivity contribution < 1.29 is 4.79 Å². The highest BCUT2D eigenvalue weighted by Gasteiger charge is 2.10. The first kappa shape index (κ1) is 16.4. The van der Waals surface area contributed by atoms with Gasteiger partial charge in [-0.1, -0.05) is 43.7 Å². The van der Waals surface area contributed by atoms with Crippen LogP contribution in [-0.4, -0.2) is 10.8 Å². The largest absolute Gasteiger partial charge is 0.294 e. The van der Waals surface area contributed by atoms with E-state index in [1.807, 2.05) is 48.5 Å². The molecule has 0 aliphatic rings. The molecule has 0 spiro atoms. The first-order valence-corrected chi connectivity index (χ1v) is 8.65. The fraction of sp³-hybridized carbons (Fsp3) is 0.273. The molecule has 1 heterocycles. The van der Waals surface area contributed by atoms with E-state index in [0.717, 1.165) is 34.1 Å². The summed E-state index contributed by atoms with van der Waals surface area (Å²) in [6.45, 7) is 4.27. The highest BCUT2D eigenvalue weighted by Crippen LogP contribution is 2.20. The third kappa shape index (κ3) is 3.70. The van der Waals surface area contributed by atoms with Crippen LogP contribution in [0.25, 0.3) is 10.9 Å². The second kappa shape index (κ2) is 7.39. The Balaban J connectivity index is 1.89. The lowest BCUT2D eigenvalue weighted by Gasteiger charge is -2.08. The van der Waals surface area contributed by atoms with Crippen molar-refractivity contribution in [1.82, 2.24) is 4.98 Å². The Bertz CT molecular complexity index is 852. The van der Waals surface area contributed by atoms with E-state index in [1.54, 1.807) is 0 Å². The van der Waals surface area contributed by atoms with Gasteiger partial charge in [-0.2, -0.15) is 0 Å². The Morgan fingerprint density at radius 3 is 2.58 bits per heavy atom. The Morgan fingerprint density at radius 1 is 1.04 bits per heavy atom. The number of ketones is 1. The number of benzene rings is 2. The Kier molecular flexibility index (Phi) is 5.05. The van der Waals surface area contributed by atoms with Crippen molar-refractivity contribution in [2.45, 2.75) is 39.5 Å². The minimum absolute atomic E-state index is 0.152. The highest BCUT2D eigenvalue weighted by atomic mass is 16.1. The van der Waals surface area contributed by atoms with Crippen LogP contribution in [0.2, 0.25) is 0 Å². The van der Waals surface area contributed by atoms with Gasteiger partial charge >= 0.3 is 0 Å². The SMILES string of the molecule is CCCCc1cc2cc(C(=O)Cc3ccccc3)ccc2nc1C. The molecule has 1 aromatic heterocycles. The summed E-state index contributed by atoms with van der Waals surface area (Å²) in [4.78, 5) is 17.3. The molecule has 0 aliphatic carbocycles. The van der Waals surface area contributed by atoms with Crippen LogP contribution in [0.1, 0.15) is 46.9 Å². The van der Waals surface area contributed by atoms with Crippen LogP contribution in [-0.2, 0) is 12.8 Å². The summed E-state index contributed by atoms with van der Waals surface area (Å²) < 4.78 is 0. The number of pyridine rings is 1. The van der Waals surface area contributed by atoms with E-state index in [1.165, 1.54) is 18.4 Å². The van der Waals surface area contributed by atoms with E-state index in [-0.39, 0.29) is 5.78 Å². The molecule has 0 saturated carbocycles. The standard InChI is InChI=1S/C22H23NO/c1-3-4-10-18-14-20-15-19(11-12-21(20)23-16(18)2)22(24)13-17-8-6-5-7-9-17/h5-9,11-12,14-15H,3-4,10,13H2,1-2H3. The number of rotatable bonds is 6. The van der Waals surface area contributed by atoms with Gasteiger partial charge < -0.3 is 0 Å². The number of unbranched alkanes of at least 4 members (excludes halogenated alkanes) is 1. The molecule has 0 amide bonds. The van der Waals surface area contributed by atoms with Crippen LogP contribution in [0.15, 0.2) is 54.6 Å². The van der Waals surface area contributed by atoms with Crippen molar-refractivity contribution in [2.75, 3.05) is 0 Å². The molecule has 0 N–H and O–H groups in total. The minimum atomic E-state index is 0.152. The molecule has 2 nitrogen and oxygen atoms in total. The zero-order chi connectivity index (χ0) is 16.9. The number of aromatic nitrogens is 1. The van der Waals surface area contributed by atoms with Crippen LogP contribution in [0, 0.1) is 6.92 Å². The lowest BCUT2D eigenvalue weighted by Crippen LogP contribution is -2.04. The van der Waals surface area contributed by atoms with Gasteiger partial charge in [-0.05, 0) is 55.2 Å². The summed E-state index contributed by atoms with van der Waals surface area (Å²) in [5, 5.41) is 1.06. The fourth-order valence-corrected chi connectivity index (χ4v) is 2.99. The minimum Gasteiger partial charge on any atom is -0.294 e. The lowest BCUT2D eigenvalue weighted by molar-refractivity contribution is 0.0993. The fourth-order valence-electron chi connectivity index (χ4n) is 2.99. The maximum atomic E-state index is 12.6. The zero-order valence-electron chi connectivity index (χ0n) is 14.4. The normalized spacial score (nSPS) is 10.9. The number of fused-ring (bicyclic) bond motifs is 1. The molecule has 24 heavy (non-hydrogen) atoms. The maximum Gasteiger partial charge on any atom is 0.167 e. The Morgan fingerprint density at radius 2 is 1.83 bits per heavy atom. The van der Waals surface area contributed by atoms with Gasteiger partial charge in [0.2, 0.25) is 0 Å². The number of carbonyl (C=O) groups is 1. The van der Waals surface area contributed by atoms with E-state index in [4.69, 9.17) is 4.98 Å². The van der Waals surface area contributed by atoms with Crippen LogP contribution in [0.3, 0.4) is 0 Å². The smallest absolute Gasteiger partial charge is 0.167 e. The number of Topliss-reactive ketones (excluding diaryl/α,β-unsaturated/α-hetero) is 1. The van der Waals surface area contributed by atoms with Crippen LogP contribution in [0.5, 0.6) is 0 Å². The number of hydrogen-bond donors (Lipinski definition) is 0. The lowest BCUT2D eigenvalue weighted by atomic mass is 9.99. The summed E-state index contributed by atoms with van der Waals surface area (Å²) in [6, 6.07) is 17.9. The molecule has 0 aliphatic heterocycles. The molecule has 0 unspecified atom stereocenters. The molecule has 0 fully saturated rings. The zero-order valence-corrected chi connectivity index (χ0v) is 14.4. The number of carbonyl (C=O) groups excluding carboxylic acids is 1. The Hall–Kier alpha value is -2.48. The maximum absolute atomic E-state index is 12.6. The van der Waals surface area contributed by atoms with E-state index in [0.29, 0.717) is 6.42 Å². The molecule has 0 bridgehead atoms. The topological polar surface area (TPSA) is 30.0 Å². The molecular weight excluding hydrogens is 294 g/mol. The summed E-state index contributed by atoms with van der Waals surface area (Å²) in [6.07, 6.45) is 3.83. The molecule has 2 aromatic carbocycles. The van der Waals surface area contributed by atoms with Crippen molar-refractivity contribution in [2.24, 2.45) is 0 Å². The van der Waals surface area contributed by atoms with Gasteiger partial charge in [-0.15, -0.1) is 0 Å². The molecule has 3 aromatic rings. The highest BCUT2D eigenvalue weighted by molar-refractivity contribution is 6.00. The third-order valence-corrected chi connectivity index (χ3v) is 4.44. The quantitative estimate of drug-likeness (QED) is 0.577. The predicted octanol–water partition coefficient (Wildman–Crippen LogP) is 5.31. The average molecular weight is 317 g/mol. The van der Waals surface area contributed by atoms with Gasteiger partial charge in [0.05, 0.1) is 5.52 Å². The molecule has 122 valence electrons. The molecule has 0 atom stereocenters. The van der Waals surface area contributed by atoms with Crippen molar-refractivity contribution in [1.29, 1.82) is 0 Å². The predicted molar refractivity (Wildman–Crippen MR) is 99.6 cm³/mol. The van der Waals surface area contributed by atoms with Gasteiger partial charge in [0.15, 0.2) is 5.78 Å². The second-order valence-corrected chi connectivity index (χ2v) is 6.33. The molecule has 3 rings (SSSR count). The van der Waals surface area contributed by atoms with Gasteiger partial charge in [0.1, 0.15) is 0 Å². The first-order chi connectivity index (χ1) is 11.7. The van der Waals surface area contributed by atoms with Gasteiger partial charge in [0, 0.05) is 23.1 Å². The van der Waals surface area contributed by atoms with E-state index < -0.39 is 0 Å². The number of hydrogen-bond acceptors (Lipinski definition) is 2. The summed E-state index contributed by atoms with van der Waals surface area (Å²) >= 11 is 0. The van der Waals surface area contributed by atoms with E-state index in [2.05, 4.69) is 19.9 Å². The Labute approximate surface area is 143 Å². The van der Waals surface area contributed by atoms with Crippen LogP contribution >= 0.6 is 0 Å². The van der Waals surface area contributed by atoms with Crippen molar-refractivity contribution in [3.8, 4) is 0 Å². The monoisotopic (exact) mass is 317 g/mol. The van der Waals surface area contributed by atoms with E-state index >= 15 is 0 Å². The van der Waals surface area contributed by atoms with Gasteiger partial charge in [0.25, 0.3) is 0 Å². The number of nitrogens with zero attached hydrogens (tertiary/aromatic N) is 1. The third-order valence-electron chi connectivity index (χ3n) is 4.44. The van der Waals surface area contributed by atoms with Crippen LogP contribution < -0.4 is 0 Å². The molecule has 0 saturated heterocycles. The first-order valence-electron chi connectivity index (χ1n) is 8.65. The van der Waals surface area contributed by atoms with Crippen molar-refractivity contribution >= 4 is 16.7 Å². The molecule has 2 heteroatoms. The number of aryl methyl sites for hydroxylation is 2. The van der Waals surface area contributed by atoms with Gasteiger partial charge in [-0.25, -0.2) is 0 Å². The summed E-state index contributed by atoms with van der Waals surface area (Å²) in [7, 11) is 0. The van der Waals surface area contributed by atoms with E-state index in [9.17, 15) is 4.79 Å². The van der Waals surface area contributed by atoms with Crippen LogP contribution in [0.4, 0.5) is 0 Å². The molecular formula is C22H23NO. The summed E-state index contributed by atoms with van der Waals surface area (Å²) in [5.41, 5.74) is 5.16. The van der Waals surface area contributed by atoms with Crippen molar-refractivity contribution in [3.63, 3.8) is 0 Å². The van der Waals surface area contributed by atoms with Gasteiger partial charge in [-0.3, -0.25) is 9.78 Å².